The van der Waals surface area contributed by atoms with Crippen LogP contribution in [0.3, 0.4) is 0 Å². The number of carbonyl (C=O) groups is 2. The first-order chi connectivity index (χ1) is 22.7. The Bertz CT molecular complexity index is 1320. The fourth-order valence-corrected chi connectivity index (χ4v) is 5.25. The van der Waals surface area contributed by atoms with Crippen LogP contribution in [0.2, 0.25) is 0 Å². The van der Waals surface area contributed by atoms with Gasteiger partial charge in [0.2, 0.25) is 0 Å². The minimum Gasteiger partial charge on any atom is -0.494 e. The Labute approximate surface area is 277 Å². The van der Waals surface area contributed by atoms with E-state index in [4.69, 9.17) is 14.2 Å². The Kier molecular flexibility index (Phi) is 16.4. The molecular formula is C39H49F3O5. The third-order valence-electron chi connectivity index (χ3n) is 8.02. The molecule has 3 aromatic carbocycles. The van der Waals surface area contributed by atoms with Crippen molar-refractivity contribution in [1.82, 2.24) is 0 Å². The van der Waals surface area contributed by atoms with Crippen LogP contribution in [0.1, 0.15) is 124 Å². The lowest BCUT2D eigenvalue weighted by Gasteiger charge is -2.18. The lowest BCUT2D eigenvalue weighted by Crippen LogP contribution is -2.19. The van der Waals surface area contributed by atoms with Crippen molar-refractivity contribution in [1.29, 1.82) is 0 Å². The molecule has 0 saturated carbocycles. The maximum absolute atomic E-state index is 12.8. The Morgan fingerprint density at radius 3 is 1.70 bits per heavy atom. The van der Waals surface area contributed by atoms with E-state index in [9.17, 15) is 22.8 Å². The van der Waals surface area contributed by atoms with Crippen molar-refractivity contribution in [3.8, 4) is 22.6 Å². The number of halogens is 3. The average Bonchev–Trinajstić information content (AvgIpc) is 3.06. The van der Waals surface area contributed by atoms with E-state index in [2.05, 4.69) is 13.8 Å². The summed E-state index contributed by atoms with van der Waals surface area (Å²) in [6, 6.07) is 21.0. The van der Waals surface area contributed by atoms with Crippen molar-refractivity contribution in [3.63, 3.8) is 0 Å². The van der Waals surface area contributed by atoms with Crippen LogP contribution < -0.4 is 9.47 Å². The highest BCUT2D eigenvalue weighted by Crippen LogP contribution is 2.26. The van der Waals surface area contributed by atoms with E-state index in [1.54, 1.807) is 12.1 Å². The minimum absolute atomic E-state index is 0.0916. The number of hydrogen-bond acceptors (Lipinski definition) is 5. The molecule has 0 aliphatic heterocycles. The van der Waals surface area contributed by atoms with Gasteiger partial charge in [-0.25, -0.2) is 9.59 Å². The molecule has 0 aromatic heterocycles. The highest BCUT2D eigenvalue weighted by Gasteiger charge is 2.27. The standard InChI is InChI=1S/C39H49F3O5/c1-3-5-7-9-10-12-29-45-34-24-20-31(21-25-34)30-16-18-32(19-17-30)37(43)47-36-26-22-33(23-27-36)38(44)46-35(14-11-8-6-4-2)15-13-28-39(40,41)42/h16-27,35H,3-15,28-29H2,1-2H3/t35-/m1/s1. The first kappa shape index (κ1) is 37.6. The van der Waals surface area contributed by atoms with Gasteiger partial charge in [-0.05, 0) is 91.8 Å². The molecule has 0 spiro atoms. The van der Waals surface area contributed by atoms with Gasteiger partial charge in [-0.1, -0.05) is 89.5 Å². The quantitative estimate of drug-likeness (QED) is 0.0650. The molecular weight excluding hydrogens is 605 g/mol. The van der Waals surface area contributed by atoms with Gasteiger partial charge < -0.3 is 14.2 Å². The average molecular weight is 655 g/mol. The number of unbranched alkanes of at least 4 members (excludes halogenated alkanes) is 8. The molecule has 0 amide bonds. The van der Waals surface area contributed by atoms with Crippen LogP contribution in [0.4, 0.5) is 13.2 Å². The molecule has 8 heteroatoms. The molecule has 5 nitrogen and oxygen atoms in total. The van der Waals surface area contributed by atoms with Gasteiger partial charge in [-0.15, -0.1) is 0 Å². The zero-order chi connectivity index (χ0) is 33.9. The summed E-state index contributed by atoms with van der Waals surface area (Å²) >= 11 is 0. The second-order valence-corrected chi connectivity index (χ2v) is 12.0. The molecule has 0 N–H and O–H groups in total. The van der Waals surface area contributed by atoms with Crippen LogP contribution in [-0.4, -0.2) is 30.8 Å². The molecule has 3 aromatic rings. The van der Waals surface area contributed by atoms with Gasteiger partial charge in [0, 0.05) is 6.42 Å². The van der Waals surface area contributed by atoms with Crippen molar-refractivity contribution in [3.05, 3.63) is 83.9 Å². The molecule has 47 heavy (non-hydrogen) atoms. The second kappa shape index (κ2) is 20.4. The van der Waals surface area contributed by atoms with E-state index < -0.39 is 30.6 Å². The highest BCUT2D eigenvalue weighted by atomic mass is 19.4. The van der Waals surface area contributed by atoms with Gasteiger partial charge in [-0.3, -0.25) is 0 Å². The maximum Gasteiger partial charge on any atom is 0.389 e. The van der Waals surface area contributed by atoms with E-state index in [1.165, 1.54) is 56.4 Å². The van der Waals surface area contributed by atoms with Gasteiger partial charge in [-0.2, -0.15) is 13.2 Å². The fourth-order valence-electron chi connectivity index (χ4n) is 5.25. The third kappa shape index (κ3) is 14.7. The van der Waals surface area contributed by atoms with Gasteiger partial charge in [0.15, 0.2) is 0 Å². The summed E-state index contributed by atoms with van der Waals surface area (Å²) in [5, 5.41) is 0. The summed E-state index contributed by atoms with van der Waals surface area (Å²) in [7, 11) is 0. The van der Waals surface area contributed by atoms with Crippen molar-refractivity contribution >= 4 is 11.9 Å². The van der Waals surface area contributed by atoms with Crippen LogP contribution >= 0.6 is 0 Å². The number of ether oxygens (including phenoxy) is 3. The number of benzene rings is 3. The summed E-state index contributed by atoms with van der Waals surface area (Å²) in [6.07, 6.45) is 5.98. The molecule has 3 rings (SSSR count). The molecule has 0 unspecified atom stereocenters. The predicted molar refractivity (Wildman–Crippen MR) is 180 cm³/mol. The number of hydrogen-bond donors (Lipinski definition) is 0. The number of rotatable bonds is 21. The predicted octanol–water partition coefficient (Wildman–Crippen LogP) is 11.5. The highest BCUT2D eigenvalue weighted by molar-refractivity contribution is 5.92. The number of alkyl halides is 3. The molecule has 0 aliphatic rings. The van der Waals surface area contributed by atoms with Crippen LogP contribution in [-0.2, 0) is 4.74 Å². The first-order valence-electron chi connectivity index (χ1n) is 17.1. The van der Waals surface area contributed by atoms with Gasteiger partial charge in [0.1, 0.15) is 17.6 Å². The third-order valence-corrected chi connectivity index (χ3v) is 8.02. The van der Waals surface area contributed by atoms with Crippen molar-refractivity contribution in [2.24, 2.45) is 0 Å². The van der Waals surface area contributed by atoms with Crippen LogP contribution in [0.25, 0.3) is 11.1 Å². The molecule has 0 aliphatic carbocycles. The molecule has 0 radical (unpaired) electrons. The Balaban J connectivity index is 1.48. The monoisotopic (exact) mass is 654 g/mol. The van der Waals surface area contributed by atoms with E-state index in [0.717, 1.165) is 49.0 Å². The lowest BCUT2D eigenvalue weighted by atomic mass is 10.0. The van der Waals surface area contributed by atoms with E-state index in [-0.39, 0.29) is 24.2 Å². The van der Waals surface area contributed by atoms with Crippen molar-refractivity contribution < 1.29 is 37.0 Å². The van der Waals surface area contributed by atoms with Crippen LogP contribution in [0.15, 0.2) is 72.8 Å². The van der Waals surface area contributed by atoms with Gasteiger partial charge in [0.05, 0.1) is 17.7 Å². The lowest BCUT2D eigenvalue weighted by molar-refractivity contribution is -0.136. The largest absolute Gasteiger partial charge is 0.494 e. The smallest absolute Gasteiger partial charge is 0.389 e. The topological polar surface area (TPSA) is 61.8 Å². The number of esters is 2. The van der Waals surface area contributed by atoms with E-state index in [1.807, 2.05) is 36.4 Å². The summed E-state index contributed by atoms with van der Waals surface area (Å²) in [4.78, 5) is 25.5. The molecule has 0 saturated heterocycles. The molecule has 0 fully saturated rings. The second-order valence-electron chi connectivity index (χ2n) is 12.0. The zero-order valence-corrected chi connectivity index (χ0v) is 27.8. The molecule has 0 heterocycles. The van der Waals surface area contributed by atoms with Crippen molar-refractivity contribution in [2.45, 2.75) is 116 Å². The van der Waals surface area contributed by atoms with Crippen molar-refractivity contribution in [2.75, 3.05) is 6.61 Å². The normalized spacial score (nSPS) is 12.0. The SMILES string of the molecule is CCCCCCCCOc1ccc(-c2ccc(C(=O)Oc3ccc(C(=O)O[C@H](CCCCCC)CCCC(F)(F)F)cc3)cc2)cc1. The zero-order valence-electron chi connectivity index (χ0n) is 27.8. The number of carbonyl (C=O) groups excluding carboxylic acids is 2. The van der Waals surface area contributed by atoms with Crippen LogP contribution in [0.5, 0.6) is 11.5 Å². The van der Waals surface area contributed by atoms with E-state index >= 15 is 0 Å². The Morgan fingerprint density at radius 2 is 1.09 bits per heavy atom. The first-order valence-corrected chi connectivity index (χ1v) is 17.1. The maximum atomic E-state index is 12.8. The molecule has 1 atom stereocenters. The summed E-state index contributed by atoms with van der Waals surface area (Å²) in [5.74, 6) is -0.0519. The molecule has 256 valence electrons. The Hall–Kier alpha value is -3.81. The van der Waals surface area contributed by atoms with Gasteiger partial charge in [0.25, 0.3) is 0 Å². The minimum atomic E-state index is -4.24. The summed E-state index contributed by atoms with van der Waals surface area (Å²) in [5.41, 5.74) is 2.57. The van der Waals surface area contributed by atoms with E-state index in [0.29, 0.717) is 18.6 Å². The van der Waals surface area contributed by atoms with Gasteiger partial charge >= 0.3 is 18.1 Å². The fraction of sp³-hybridized carbons (Fsp3) is 0.487. The summed E-state index contributed by atoms with van der Waals surface area (Å²) < 4.78 is 54.9. The summed E-state index contributed by atoms with van der Waals surface area (Å²) in [6.45, 7) is 5.00. The molecule has 0 bridgehead atoms. The Morgan fingerprint density at radius 1 is 0.596 bits per heavy atom. The van der Waals surface area contributed by atoms with Crippen LogP contribution in [0, 0.1) is 0 Å².